The van der Waals surface area contributed by atoms with E-state index in [1.165, 1.54) is 29.2 Å². The SMILES string of the molecule is CCCC#Cc1ccc([C@H]2[C@H](CO)N3C(=O)CN(C(=O)c4ccc(F)cc4)C[C@@H]23)cc1. The molecule has 0 bridgehead atoms. The van der Waals surface area contributed by atoms with Crippen molar-refractivity contribution in [2.24, 2.45) is 0 Å². The van der Waals surface area contributed by atoms with Crippen LogP contribution in [0.4, 0.5) is 4.39 Å². The summed E-state index contributed by atoms with van der Waals surface area (Å²) in [5, 5.41) is 9.92. The van der Waals surface area contributed by atoms with Crippen LogP contribution in [0.25, 0.3) is 0 Å². The van der Waals surface area contributed by atoms with Crippen LogP contribution in [0.1, 0.15) is 47.2 Å². The number of benzene rings is 2. The largest absolute Gasteiger partial charge is 0.394 e. The molecule has 2 saturated heterocycles. The highest BCUT2D eigenvalue weighted by Crippen LogP contribution is 2.43. The van der Waals surface area contributed by atoms with Gasteiger partial charge < -0.3 is 14.9 Å². The molecule has 4 rings (SSSR count). The van der Waals surface area contributed by atoms with E-state index in [1.54, 1.807) is 4.90 Å². The molecule has 2 aromatic rings. The van der Waals surface area contributed by atoms with Crippen LogP contribution in [0.3, 0.4) is 0 Å². The number of aliphatic hydroxyl groups is 1. The third-order valence-corrected chi connectivity index (χ3v) is 6.03. The second kappa shape index (κ2) is 8.91. The van der Waals surface area contributed by atoms with Crippen molar-refractivity contribution in [2.75, 3.05) is 19.7 Å². The van der Waals surface area contributed by atoms with Crippen molar-refractivity contribution in [3.8, 4) is 11.8 Å². The Morgan fingerprint density at radius 2 is 1.87 bits per heavy atom. The maximum atomic E-state index is 13.2. The van der Waals surface area contributed by atoms with Crippen molar-refractivity contribution in [3.05, 3.63) is 71.0 Å². The molecule has 160 valence electrons. The van der Waals surface area contributed by atoms with E-state index >= 15 is 0 Å². The molecule has 5 nitrogen and oxygen atoms in total. The third kappa shape index (κ3) is 4.06. The van der Waals surface area contributed by atoms with Gasteiger partial charge in [0.15, 0.2) is 0 Å². The molecule has 3 atom stereocenters. The molecule has 2 heterocycles. The molecule has 0 unspecified atom stereocenters. The monoisotopic (exact) mass is 420 g/mol. The van der Waals surface area contributed by atoms with Crippen molar-refractivity contribution in [3.63, 3.8) is 0 Å². The molecule has 31 heavy (non-hydrogen) atoms. The lowest BCUT2D eigenvalue weighted by molar-refractivity contribution is -0.159. The van der Waals surface area contributed by atoms with E-state index in [0.717, 1.165) is 24.0 Å². The second-order valence-corrected chi connectivity index (χ2v) is 8.01. The van der Waals surface area contributed by atoms with Gasteiger partial charge in [0.1, 0.15) is 12.4 Å². The smallest absolute Gasteiger partial charge is 0.254 e. The van der Waals surface area contributed by atoms with Gasteiger partial charge in [0.2, 0.25) is 5.91 Å². The maximum absolute atomic E-state index is 13.2. The molecule has 0 aromatic heterocycles. The highest BCUT2D eigenvalue weighted by molar-refractivity contribution is 5.97. The summed E-state index contributed by atoms with van der Waals surface area (Å²) in [5.41, 5.74) is 2.30. The Morgan fingerprint density at radius 3 is 2.52 bits per heavy atom. The summed E-state index contributed by atoms with van der Waals surface area (Å²) in [6.07, 6.45) is 1.87. The Hall–Kier alpha value is -3.17. The minimum absolute atomic E-state index is 0.0398. The summed E-state index contributed by atoms with van der Waals surface area (Å²) in [4.78, 5) is 28.8. The molecular weight excluding hydrogens is 395 g/mol. The molecule has 2 aliphatic heterocycles. The lowest BCUT2D eigenvalue weighted by Crippen LogP contribution is -2.73. The first-order valence-electron chi connectivity index (χ1n) is 10.6. The van der Waals surface area contributed by atoms with Crippen molar-refractivity contribution >= 4 is 11.8 Å². The average molecular weight is 420 g/mol. The van der Waals surface area contributed by atoms with E-state index in [2.05, 4.69) is 18.8 Å². The molecule has 2 amide bonds. The number of fused-ring (bicyclic) bond motifs is 1. The number of halogens is 1. The summed E-state index contributed by atoms with van der Waals surface area (Å²) in [5.74, 6) is 5.32. The second-order valence-electron chi connectivity index (χ2n) is 8.01. The molecule has 6 heteroatoms. The van der Waals surface area contributed by atoms with E-state index < -0.39 is 5.82 Å². The number of piperazine rings is 1. The van der Waals surface area contributed by atoms with Crippen LogP contribution >= 0.6 is 0 Å². The van der Waals surface area contributed by atoms with Crippen LogP contribution in [0.15, 0.2) is 48.5 Å². The number of hydrogen-bond acceptors (Lipinski definition) is 3. The lowest BCUT2D eigenvalue weighted by atomic mass is 9.73. The zero-order valence-electron chi connectivity index (χ0n) is 17.4. The quantitative estimate of drug-likeness (QED) is 0.774. The van der Waals surface area contributed by atoms with Gasteiger partial charge in [0.05, 0.1) is 18.7 Å². The van der Waals surface area contributed by atoms with E-state index in [1.807, 2.05) is 24.3 Å². The normalized spacial score (nSPS) is 22.3. The van der Waals surface area contributed by atoms with Crippen LogP contribution in [-0.4, -0.2) is 58.5 Å². The first-order chi connectivity index (χ1) is 15.0. The van der Waals surface area contributed by atoms with E-state index in [0.29, 0.717) is 12.1 Å². The predicted molar refractivity (Wildman–Crippen MR) is 115 cm³/mol. The van der Waals surface area contributed by atoms with Crippen LogP contribution in [0.2, 0.25) is 0 Å². The third-order valence-electron chi connectivity index (χ3n) is 6.03. The summed E-state index contributed by atoms with van der Waals surface area (Å²) in [6, 6.07) is 12.8. The number of aliphatic hydroxyl groups excluding tert-OH is 1. The standard InChI is InChI=1S/C25H25FN2O3/c1-2-3-4-5-17-6-8-18(9-7-17)24-21-14-27(15-23(30)28(21)22(24)16-29)25(31)19-10-12-20(26)13-11-19/h6-13,21-22,24,29H,2-3,14-16H2,1H3/t21-,22-,24+/m0/s1. The van der Waals surface area contributed by atoms with Crippen LogP contribution < -0.4 is 0 Å². The number of carbonyl (C=O) groups is 2. The minimum Gasteiger partial charge on any atom is -0.394 e. The first-order valence-corrected chi connectivity index (χ1v) is 10.6. The van der Waals surface area contributed by atoms with Crippen LogP contribution in [0, 0.1) is 17.7 Å². The number of hydrogen-bond donors (Lipinski definition) is 1. The number of carbonyl (C=O) groups excluding carboxylic acids is 2. The molecule has 2 fully saturated rings. The number of unbranched alkanes of at least 4 members (excludes halogenated alkanes) is 1. The Labute approximate surface area is 181 Å². The van der Waals surface area contributed by atoms with Gasteiger partial charge in [-0.15, -0.1) is 0 Å². The first kappa shape index (κ1) is 21.1. The Kier molecular flexibility index (Phi) is 6.06. The zero-order chi connectivity index (χ0) is 22.0. The van der Waals surface area contributed by atoms with E-state index in [4.69, 9.17) is 0 Å². The fourth-order valence-electron chi connectivity index (χ4n) is 4.51. The van der Waals surface area contributed by atoms with Crippen molar-refractivity contribution in [1.82, 2.24) is 9.80 Å². The van der Waals surface area contributed by atoms with E-state index in [-0.39, 0.29) is 43.0 Å². The zero-order valence-corrected chi connectivity index (χ0v) is 17.4. The molecular formula is C25H25FN2O3. The average Bonchev–Trinajstić information content (AvgIpc) is 2.76. The van der Waals surface area contributed by atoms with Crippen LogP contribution in [-0.2, 0) is 4.79 Å². The van der Waals surface area contributed by atoms with E-state index in [9.17, 15) is 19.1 Å². The molecule has 0 saturated carbocycles. The van der Waals surface area contributed by atoms with Crippen molar-refractivity contribution < 1.29 is 19.1 Å². The van der Waals surface area contributed by atoms with Gasteiger partial charge in [-0.3, -0.25) is 9.59 Å². The van der Waals surface area contributed by atoms with Gasteiger partial charge in [0, 0.05) is 30.0 Å². The molecule has 1 N–H and O–H groups in total. The fraction of sp³-hybridized carbons (Fsp3) is 0.360. The Bertz CT molecular complexity index is 1020. The van der Waals surface area contributed by atoms with Gasteiger partial charge in [-0.25, -0.2) is 4.39 Å². The number of amides is 2. The van der Waals surface area contributed by atoms with Gasteiger partial charge in [-0.1, -0.05) is 30.9 Å². The fourth-order valence-corrected chi connectivity index (χ4v) is 4.51. The van der Waals surface area contributed by atoms with Crippen molar-refractivity contribution in [2.45, 2.75) is 37.8 Å². The Balaban J connectivity index is 1.53. The summed E-state index contributed by atoms with van der Waals surface area (Å²) in [7, 11) is 0. The summed E-state index contributed by atoms with van der Waals surface area (Å²) < 4.78 is 13.2. The Morgan fingerprint density at radius 1 is 1.16 bits per heavy atom. The molecule has 0 radical (unpaired) electrons. The summed E-state index contributed by atoms with van der Waals surface area (Å²) in [6.45, 7) is 2.30. The van der Waals surface area contributed by atoms with Gasteiger partial charge in [0.25, 0.3) is 5.91 Å². The topological polar surface area (TPSA) is 60.9 Å². The van der Waals surface area contributed by atoms with Gasteiger partial charge in [-0.2, -0.15) is 0 Å². The lowest BCUT2D eigenvalue weighted by Gasteiger charge is -2.58. The predicted octanol–water partition coefficient (Wildman–Crippen LogP) is 2.79. The highest BCUT2D eigenvalue weighted by atomic mass is 19.1. The van der Waals surface area contributed by atoms with Gasteiger partial charge >= 0.3 is 0 Å². The molecule has 2 aliphatic rings. The van der Waals surface area contributed by atoms with Crippen molar-refractivity contribution in [1.29, 1.82) is 0 Å². The number of rotatable bonds is 4. The minimum atomic E-state index is -0.412. The summed E-state index contributed by atoms with van der Waals surface area (Å²) >= 11 is 0. The molecule has 0 aliphatic carbocycles. The van der Waals surface area contributed by atoms with Crippen LogP contribution in [0.5, 0.6) is 0 Å². The molecule has 0 spiro atoms. The van der Waals surface area contributed by atoms with Gasteiger partial charge in [-0.05, 0) is 48.4 Å². The molecule has 2 aromatic carbocycles. The highest BCUT2D eigenvalue weighted by Gasteiger charge is 2.54. The number of nitrogens with zero attached hydrogens (tertiary/aromatic N) is 2. The maximum Gasteiger partial charge on any atom is 0.254 e.